The first-order valence-electron chi connectivity index (χ1n) is 5.73. The predicted molar refractivity (Wildman–Crippen MR) is 58.2 cm³/mol. The van der Waals surface area contributed by atoms with Gasteiger partial charge in [0, 0.05) is 25.0 Å². The minimum absolute atomic E-state index is 0.000238. The van der Waals surface area contributed by atoms with Crippen LogP contribution in [0.3, 0.4) is 0 Å². The molecule has 3 nitrogen and oxygen atoms in total. The molecule has 0 aromatic rings. The molecule has 6 heteroatoms. The van der Waals surface area contributed by atoms with Crippen molar-refractivity contribution in [2.75, 3.05) is 13.1 Å². The molecule has 17 heavy (non-hydrogen) atoms. The lowest BCUT2D eigenvalue weighted by molar-refractivity contribution is -0.186. The van der Waals surface area contributed by atoms with Gasteiger partial charge in [0.1, 0.15) is 0 Å². The molecule has 0 unspecified atom stereocenters. The smallest absolute Gasteiger partial charge is 0.343 e. The molecule has 0 aromatic heterocycles. The van der Waals surface area contributed by atoms with Crippen LogP contribution < -0.4 is 5.73 Å². The average molecular weight is 252 g/mol. The molecule has 1 rings (SSSR count). The van der Waals surface area contributed by atoms with Gasteiger partial charge < -0.3 is 10.6 Å². The van der Waals surface area contributed by atoms with Gasteiger partial charge in [0.15, 0.2) is 0 Å². The summed E-state index contributed by atoms with van der Waals surface area (Å²) in [6, 6.07) is 0. The van der Waals surface area contributed by atoms with Crippen LogP contribution in [0.5, 0.6) is 0 Å². The standard InChI is InChI=1S/C11H19F3N2O/c1-10(2,15)7-9(17)16-5-3-8(4-6-16)11(12,13)14/h8H,3-7,15H2,1-2H3. The lowest BCUT2D eigenvalue weighted by Crippen LogP contribution is -2.46. The number of piperidine rings is 1. The van der Waals surface area contributed by atoms with Crippen molar-refractivity contribution in [1.82, 2.24) is 4.90 Å². The Morgan fingerprint density at radius 1 is 1.29 bits per heavy atom. The average Bonchev–Trinajstić information content (AvgIpc) is 2.14. The van der Waals surface area contributed by atoms with Gasteiger partial charge in [-0.3, -0.25) is 4.79 Å². The van der Waals surface area contributed by atoms with Crippen LogP contribution >= 0.6 is 0 Å². The number of amides is 1. The molecule has 0 saturated carbocycles. The van der Waals surface area contributed by atoms with Crippen molar-refractivity contribution in [3.05, 3.63) is 0 Å². The van der Waals surface area contributed by atoms with E-state index in [0.29, 0.717) is 0 Å². The molecule has 0 bridgehead atoms. The van der Waals surface area contributed by atoms with E-state index < -0.39 is 17.6 Å². The molecule has 1 heterocycles. The van der Waals surface area contributed by atoms with Gasteiger partial charge in [-0.05, 0) is 26.7 Å². The number of hydrogen-bond acceptors (Lipinski definition) is 2. The van der Waals surface area contributed by atoms with Crippen molar-refractivity contribution in [3.63, 3.8) is 0 Å². The number of carbonyl (C=O) groups excluding carboxylic acids is 1. The Morgan fingerprint density at radius 3 is 2.12 bits per heavy atom. The molecule has 0 aliphatic carbocycles. The van der Waals surface area contributed by atoms with E-state index in [2.05, 4.69) is 0 Å². The number of carbonyl (C=O) groups is 1. The van der Waals surface area contributed by atoms with Gasteiger partial charge in [-0.25, -0.2) is 0 Å². The van der Waals surface area contributed by atoms with E-state index in [4.69, 9.17) is 5.73 Å². The summed E-state index contributed by atoms with van der Waals surface area (Å²) < 4.78 is 37.3. The number of nitrogens with two attached hydrogens (primary N) is 1. The second kappa shape index (κ2) is 4.84. The number of hydrogen-bond donors (Lipinski definition) is 1. The van der Waals surface area contributed by atoms with Crippen LogP contribution in [0.25, 0.3) is 0 Å². The van der Waals surface area contributed by atoms with Crippen LogP contribution in [0, 0.1) is 5.92 Å². The van der Waals surface area contributed by atoms with Gasteiger partial charge >= 0.3 is 6.18 Å². The summed E-state index contributed by atoms with van der Waals surface area (Å²) in [6.07, 6.45) is -3.97. The Kier molecular flexibility index (Phi) is 4.06. The van der Waals surface area contributed by atoms with Crippen LogP contribution in [0.15, 0.2) is 0 Å². The summed E-state index contributed by atoms with van der Waals surface area (Å²) in [5.41, 5.74) is 5.10. The van der Waals surface area contributed by atoms with Gasteiger partial charge in [-0.1, -0.05) is 0 Å². The number of alkyl halides is 3. The van der Waals surface area contributed by atoms with Crippen molar-refractivity contribution < 1.29 is 18.0 Å². The molecule has 100 valence electrons. The van der Waals surface area contributed by atoms with Gasteiger partial charge in [-0.15, -0.1) is 0 Å². The van der Waals surface area contributed by atoms with E-state index in [0.717, 1.165) is 0 Å². The Balaban J connectivity index is 2.45. The van der Waals surface area contributed by atoms with Crippen molar-refractivity contribution in [1.29, 1.82) is 0 Å². The zero-order valence-corrected chi connectivity index (χ0v) is 10.2. The Bertz CT molecular complexity index is 275. The molecule has 1 fully saturated rings. The number of halogens is 3. The molecular formula is C11H19F3N2O. The zero-order chi connectivity index (χ0) is 13.3. The van der Waals surface area contributed by atoms with Gasteiger partial charge in [0.05, 0.1) is 5.92 Å². The highest BCUT2D eigenvalue weighted by Crippen LogP contribution is 2.34. The van der Waals surface area contributed by atoms with E-state index in [1.165, 1.54) is 4.90 Å². The van der Waals surface area contributed by atoms with Gasteiger partial charge in [0.2, 0.25) is 5.91 Å². The second-order valence-corrected chi connectivity index (χ2v) is 5.36. The third-order valence-corrected chi connectivity index (χ3v) is 2.92. The normalized spacial score (nSPS) is 19.5. The largest absolute Gasteiger partial charge is 0.391 e. The first kappa shape index (κ1) is 14.3. The minimum Gasteiger partial charge on any atom is -0.343 e. The Morgan fingerprint density at radius 2 is 1.76 bits per heavy atom. The maximum Gasteiger partial charge on any atom is 0.391 e. The summed E-state index contributed by atoms with van der Waals surface area (Å²) in [6.45, 7) is 3.82. The van der Waals surface area contributed by atoms with Gasteiger partial charge in [0.25, 0.3) is 0 Å². The molecule has 1 amide bonds. The summed E-state index contributed by atoms with van der Waals surface area (Å²) in [5.74, 6) is -1.42. The topological polar surface area (TPSA) is 46.3 Å². The van der Waals surface area contributed by atoms with E-state index >= 15 is 0 Å². The highest BCUT2D eigenvalue weighted by Gasteiger charge is 2.41. The lowest BCUT2D eigenvalue weighted by Gasteiger charge is -2.34. The van der Waals surface area contributed by atoms with Crippen LogP contribution in [-0.2, 0) is 4.79 Å². The summed E-state index contributed by atoms with van der Waals surface area (Å²) >= 11 is 0. The van der Waals surface area contributed by atoms with E-state index in [1.54, 1.807) is 13.8 Å². The van der Waals surface area contributed by atoms with Crippen molar-refractivity contribution in [2.24, 2.45) is 11.7 Å². The van der Waals surface area contributed by atoms with Crippen LogP contribution in [0.1, 0.15) is 33.1 Å². The van der Waals surface area contributed by atoms with Crippen LogP contribution in [0.2, 0.25) is 0 Å². The van der Waals surface area contributed by atoms with E-state index in [1.807, 2.05) is 0 Å². The quantitative estimate of drug-likeness (QED) is 0.816. The Hall–Kier alpha value is -0.780. The molecule has 0 spiro atoms. The summed E-state index contributed by atoms with van der Waals surface area (Å²) in [4.78, 5) is 13.2. The number of likely N-dealkylation sites (tertiary alicyclic amines) is 1. The van der Waals surface area contributed by atoms with Crippen molar-refractivity contribution in [2.45, 2.75) is 44.8 Å². The highest BCUT2D eigenvalue weighted by atomic mass is 19.4. The third-order valence-electron chi connectivity index (χ3n) is 2.92. The molecule has 0 aromatic carbocycles. The fraction of sp³-hybridized carbons (Fsp3) is 0.909. The monoisotopic (exact) mass is 252 g/mol. The fourth-order valence-electron chi connectivity index (χ4n) is 1.96. The molecule has 0 atom stereocenters. The summed E-state index contributed by atoms with van der Waals surface area (Å²) in [5, 5.41) is 0. The van der Waals surface area contributed by atoms with Crippen LogP contribution in [0.4, 0.5) is 13.2 Å². The second-order valence-electron chi connectivity index (χ2n) is 5.36. The first-order valence-corrected chi connectivity index (χ1v) is 5.73. The van der Waals surface area contributed by atoms with Crippen molar-refractivity contribution in [3.8, 4) is 0 Å². The molecule has 0 radical (unpaired) electrons. The lowest BCUT2D eigenvalue weighted by atomic mass is 9.95. The first-order chi connectivity index (χ1) is 7.59. The molecule has 1 aliphatic heterocycles. The highest BCUT2D eigenvalue weighted by molar-refractivity contribution is 5.77. The predicted octanol–water partition coefficient (Wildman–Crippen LogP) is 1.91. The zero-order valence-electron chi connectivity index (χ0n) is 10.2. The SMILES string of the molecule is CC(C)(N)CC(=O)N1CCC(C(F)(F)F)CC1. The maximum atomic E-state index is 12.4. The summed E-state index contributed by atoms with van der Waals surface area (Å²) in [7, 11) is 0. The third kappa shape index (κ3) is 4.53. The number of rotatable bonds is 2. The molecule has 2 N–H and O–H groups in total. The van der Waals surface area contributed by atoms with Crippen molar-refractivity contribution >= 4 is 5.91 Å². The van der Waals surface area contributed by atoms with Gasteiger partial charge in [-0.2, -0.15) is 13.2 Å². The van der Waals surface area contributed by atoms with E-state index in [-0.39, 0.29) is 38.3 Å². The molecular weight excluding hydrogens is 233 g/mol. The minimum atomic E-state index is -4.14. The molecule has 1 saturated heterocycles. The Labute approximate surface area is 99.1 Å². The van der Waals surface area contributed by atoms with Crippen LogP contribution in [-0.4, -0.2) is 35.6 Å². The maximum absolute atomic E-state index is 12.4. The number of nitrogens with zero attached hydrogens (tertiary/aromatic N) is 1. The fourth-order valence-corrected chi connectivity index (χ4v) is 1.96. The molecule has 1 aliphatic rings. The van der Waals surface area contributed by atoms with E-state index in [9.17, 15) is 18.0 Å².